The fourth-order valence-corrected chi connectivity index (χ4v) is 2.47. The van der Waals surface area contributed by atoms with E-state index in [2.05, 4.69) is 19.2 Å². The highest BCUT2D eigenvalue weighted by molar-refractivity contribution is 5.92. The third-order valence-electron chi connectivity index (χ3n) is 3.74. The highest BCUT2D eigenvalue weighted by Crippen LogP contribution is 2.27. The molecule has 5 heteroatoms. The summed E-state index contributed by atoms with van der Waals surface area (Å²) in [5, 5.41) is 11.4. The summed E-state index contributed by atoms with van der Waals surface area (Å²) in [6, 6.07) is 12.9. The Morgan fingerprint density at radius 2 is 1.96 bits per heavy atom. The maximum atomic E-state index is 12.2. The molecule has 0 aliphatic rings. The second-order valence-corrected chi connectivity index (χ2v) is 6.33. The molecule has 0 saturated heterocycles. The van der Waals surface area contributed by atoms with Crippen LogP contribution in [0.4, 0.5) is 5.69 Å². The molecule has 0 aromatic heterocycles. The minimum Gasteiger partial charge on any atom is -0.483 e. The van der Waals surface area contributed by atoms with Crippen molar-refractivity contribution >= 4 is 23.6 Å². The second kappa shape index (κ2) is 8.85. The van der Waals surface area contributed by atoms with Gasteiger partial charge in [-0.1, -0.05) is 38.1 Å². The molecule has 0 bridgehead atoms. The van der Waals surface area contributed by atoms with Gasteiger partial charge in [-0.2, -0.15) is 0 Å². The number of amides is 1. The minimum atomic E-state index is -1.02. The van der Waals surface area contributed by atoms with Crippen LogP contribution in [0.5, 0.6) is 5.75 Å². The molecular weight excluding hydrogens is 330 g/mol. The number of carbonyl (C=O) groups excluding carboxylic acids is 1. The largest absolute Gasteiger partial charge is 0.483 e. The summed E-state index contributed by atoms with van der Waals surface area (Å²) >= 11 is 0. The fraction of sp³-hybridized carbons (Fsp3) is 0.238. The Labute approximate surface area is 153 Å². The summed E-state index contributed by atoms with van der Waals surface area (Å²) in [6.45, 7) is 6.03. The van der Waals surface area contributed by atoms with E-state index in [1.54, 1.807) is 24.3 Å². The minimum absolute atomic E-state index is 0.0988. The number of carbonyl (C=O) groups is 2. The Morgan fingerprint density at radius 1 is 1.19 bits per heavy atom. The first-order chi connectivity index (χ1) is 12.3. The number of anilines is 1. The van der Waals surface area contributed by atoms with Crippen molar-refractivity contribution < 1.29 is 19.4 Å². The monoisotopic (exact) mass is 353 g/mol. The molecule has 0 spiro atoms. The molecule has 5 nitrogen and oxygen atoms in total. The Kier molecular flexibility index (Phi) is 6.55. The van der Waals surface area contributed by atoms with E-state index in [0.717, 1.165) is 17.2 Å². The van der Waals surface area contributed by atoms with Crippen LogP contribution in [0.2, 0.25) is 0 Å². The lowest BCUT2D eigenvalue weighted by molar-refractivity contribution is -0.131. The first-order valence-electron chi connectivity index (χ1n) is 8.39. The van der Waals surface area contributed by atoms with Crippen molar-refractivity contribution in [1.82, 2.24) is 0 Å². The predicted octanol–water partition coefficient (Wildman–Crippen LogP) is 4.23. The van der Waals surface area contributed by atoms with E-state index in [1.165, 1.54) is 6.08 Å². The first-order valence-corrected chi connectivity index (χ1v) is 8.39. The van der Waals surface area contributed by atoms with E-state index in [0.29, 0.717) is 22.9 Å². The molecule has 0 fully saturated rings. The zero-order chi connectivity index (χ0) is 19.1. The van der Waals surface area contributed by atoms with Crippen LogP contribution in [-0.4, -0.2) is 23.6 Å². The van der Waals surface area contributed by atoms with E-state index in [1.807, 2.05) is 25.1 Å². The topological polar surface area (TPSA) is 75.6 Å². The van der Waals surface area contributed by atoms with Crippen LogP contribution >= 0.6 is 0 Å². The zero-order valence-electron chi connectivity index (χ0n) is 15.2. The van der Waals surface area contributed by atoms with Gasteiger partial charge < -0.3 is 15.2 Å². The Bertz CT molecular complexity index is 825. The summed E-state index contributed by atoms with van der Waals surface area (Å²) in [5.41, 5.74) is 3.40. The summed E-state index contributed by atoms with van der Waals surface area (Å²) in [7, 11) is 0. The van der Waals surface area contributed by atoms with E-state index >= 15 is 0 Å². The SMILES string of the molecule is Cc1ccc(C(C)C)c(OCC(=O)Nc2cccc(/C=C/C(=O)O)c2)c1. The molecule has 2 aromatic carbocycles. The third-order valence-corrected chi connectivity index (χ3v) is 3.74. The number of hydrogen-bond donors (Lipinski definition) is 2. The first kappa shape index (κ1) is 19.2. The molecule has 2 N–H and O–H groups in total. The average molecular weight is 353 g/mol. The van der Waals surface area contributed by atoms with Crippen LogP contribution in [0, 0.1) is 6.92 Å². The van der Waals surface area contributed by atoms with E-state index in [-0.39, 0.29) is 12.5 Å². The van der Waals surface area contributed by atoms with Gasteiger partial charge in [0.2, 0.25) is 0 Å². The average Bonchev–Trinajstić information content (AvgIpc) is 2.58. The van der Waals surface area contributed by atoms with Crippen molar-refractivity contribution in [3.05, 3.63) is 65.2 Å². The van der Waals surface area contributed by atoms with Gasteiger partial charge in [-0.05, 0) is 53.8 Å². The zero-order valence-corrected chi connectivity index (χ0v) is 15.2. The Morgan fingerprint density at radius 3 is 2.65 bits per heavy atom. The number of aliphatic carboxylic acids is 1. The van der Waals surface area contributed by atoms with Crippen LogP contribution in [0.3, 0.4) is 0 Å². The van der Waals surface area contributed by atoms with Gasteiger partial charge in [0.25, 0.3) is 5.91 Å². The van der Waals surface area contributed by atoms with Gasteiger partial charge in [0.1, 0.15) is 5.75 Å². The maximum absolute atomic E-state index is 12.2. The van der Waals surface area contributed by atoms with Gasteiger partial charge in [0.05, 0.1) is 0 Å². The molecule has 2 aromatic rings. The lowest BCUT2D eigenvalue weighted by atomic mass is 10.0. The smallest absolute Gasteiger partial charge is 0.328 e. The molecule has 0 aliphatic heterocycles. The molecule has 0 radical (unpaired) electrons. The molecule has 2 rings (SSSR count). The predicted molar refractivity (Wildman–Crippen MR) is 103 cm³/mol. The van der Waals surface area contributed by atoms with E-state index < -0.39 is 5.97 Å². The van der Waals surface area contributed by atoms with Crippen molar-refractivity contribution in [1.29, 1.82) is 0 Å². The molecule has 1 amide bonds. The molecule has 0 aliphatic carbocycles. The van der Waals surface area contributed by atoms with Crippen molar-refractivity contribution in [3.8, 4) is 5.75 Å². The standard InChI is InChI=1S/C21H23NO4/c1-14(2)18-9-7-15(3)11-19(18)26-13-20(23)22-17-6-4-5-16(12-17)8-10-21(24)25/h4-12,14H,13H2,1-3H3,(H,22,23)(H,24,25)/b10-8+. The third kappa shape index (κ3) is 5.77. The number of benzene rings is 2. The number of nitrogens with one attached hydrogen (secondary N) is 1. The summed E-state index contributed by atoms with van der Waals surface area (Å²) in [6.07, 6.45) is 2.52. The van der Waals surface area contributed by atoms with Gasteiger partial charge in [0, 0.05) is 11.8 Å². The Balaban J connectivity index is 2.01. The lowest BCUT2D eigenvalue weighted by Gasteiger charge is -2.15. The number of hydrogen-bond acceptors (Lipinski definition) is 3. The number of carboxylic acid groups (broad SMARTS) is 1. The van der Waals surface area contributed by atoms with Gasteiger partial charge in [0.15, 0.2) is 6.61 Å². The van der Waals surface area contributed by atoms with Crippen molar-refractivity contribution in [2.24, 2.45) is 0 Å². The van der Waals surface area contributed by atoms with Gasteiger partial charge in [-0.25, -0.2) is 4.79 Å². The second-order valence-electron chi connectivity index (χ2n) is 6.33. The van der Waals surface area contributed by atoms with Crippen LogP contribution < -0.4 is 10.1 Å². The van der Waals surface area contributed by atoms with E-state index in [9.17, 15) is 9.59 Å². The Hall–Kier alpha value is -3.08. The molecular formula is C21H23NO4. The summed E-state index contributed by atoms with van der Waals surface area (Å²) in [4.78, 5) is 22.8. The number of ether oxygens (including phenoxy) is 1. The lowest BCUT2D eigenvalue weighted by Crippen LogP contribution is -2.20. The number of rotatable bonds is 7. The molecule has 26 heavy (non-hydrogen) atoms. The fourth-order valence-electron chi connectivity index (χ4n) is 2.47. The molecule has 0 heterocycles. The van der Waals surface area contributed by atoms with Crippen molar-refractivity contribution in [2.75, 3.05) is 11.9 Å². The molecule has 0 atom stereocenters. The van der Waals surface area contributed by atoms with Gasteiger partial charge in [-0.3, -0.25) is 4.79 Å². The normalized spacial score (nSPS) is 10.9. The van der Waals surface area contributed by atoms with E-state index in [4.69, 9.17) is 9.84 Å². The van der Waals surface area contributed by atoms with Crippen LogP contribution in [0.25, 0.3) is 6.08 Å². The van der Waals surface area contributed by atoms with Gasteiger partial charge >= 0.3 is 5.97 Å². The highest BCUT2D eigenvalue weighted by atomic mass is 16.5. The van der Waals surface area contributed by atoms with Crippen LogP contribution in [0.15, 0.2) is 48.5 Å². The summed E-state index contributed by atoms with van der Waals surface area (Å²) < 4.78 is 5.72. The summed E-state index contributed by atoms with van der Waals surface area (Å²) in [5.74, 6) is -0.285. The maximum Gasteiger partial charge on any atom is 0.328 e. The number of aryl methyl sites for hydroxylation is 1. The quantitative estimate of drug-likeness (QED) is 0.730. The highest BCUT2D eigenvalue weighted by Gasteiger charge is 2.10. The van der Waals surface area contributed by atoms with Gasteiger partial charge in [-0.15, -0.1) is 0 Å². The van der Waals surface area contributed by atoms with Crippen LogP contribution in [0.1, 0.15) is 36.5 Å². The van der Waals surface area contributed by atoms with Crippen molar-refractivity contribution in [2.45, 2.75) is 26.7 Å². The molecule has 136 valence electrons. The molecule has 0 saturated carbocycles. The van der Waals surface area contributed by atoms with Crippen molar-refractivity contribution in [3.63, 3.8) is 0 Å². The molecule has 0 unspecified atom stereocenters. The number of carboxylic acids is 1. The van der Waals surface area contributed by atoms with Crippen LogP contribution in [-0.2, 0) is 9.59 Å².